The number of ether oxygens (including phenoxy) is 1. The molecule has 78 valence electrons. The molecule has 0 spiro atoms. The molecule has 2 N–H and O–H groups in total. The fourth-order valence-corrected chi connectivity index (χ4v) is 0.902. The Kier molecular flexibility index (Phi) is 4.12. The summed E-state index contributed by atoms with van der Waals surface area (Å²) in [5.41, 5.74) is 0. The summed E-state index contributed by atoms with van der Waals surface area (Å²) in [4.78, 5) is 8.07. The Morgan fingerprint density at radius 3 is 3.00 bits per heavy atom. The second kappa shape index (κ2) is 5.39. The normalized spacial score (nSPS) is 10.3. The summed E-state index contributed by atoms with van der Waals surface area (Å²) in [6.45, 7) is 4.36. The van der Waals surface area contributed by atoms with E-state index in [0.29, 0.717) is 18.4 Å². The van der Waals surface area contributed by atoms with E-state index in [1.165, 1.54) is 0 Å². The quantitative estimate of drug-likeness (QED) is 0.726. The summed E-state index contributed by atoms with van der Waals surface area (Å²) >= 11 is 0. The van der Waals surface area contributed by atoms with E-state index in [9.17, 15) is 0 Å². The SMILES string of the molecule is CC(C)Oc1ccnc(NCCO)n1. The number of aliphatic hydroxyl groups is 1. The highest BCUT2D eigenvalue weighted by molar-refractivity contribution is 5.27. The van der Waals surface area contributed by atoms with Crippen LogP contribution in [-0.2, 0) is 0 Å². The van der Waals surface area contributed by atoms with Gasteiger partial charge in [0.25, 0.3) is 0 Å². The lowest BCUT2D eigenvalue weighted by atomic mass is 10.5. The van der Waals surface area contributed by atoms with E-state index in [1.54, 1.807) is 12.3 Å². The molecule has 0 bridgehead atoms. The van der Waals surface area contributed by atoms with Gasteiger partial charge in [-0.3, -0.25) is 0 Å². The Morgan fingerprint density at radius 1 is 1.57 bits per heavy atom. The van der Waals surface area contributed by atoms with E-state index in [1.807, 2.05) is 13.8 Å². The van der Waals surface area contributed by atoms with Crippen molar-refractivity contribution in [1.82, 2.24) is 9.97 Å². The standard InChI is InChI=1S/C9H15N3O2/c1-7(2)14-8-3-4-10-9(12-8)11-5-6-13/h3-4,7,13H,5-6H2,1-2H3,(H,10,11,12). The van der Waals surface area contributed by atoms with Crippen LogP contribution in [0.2, 0.25) is 0 Å². The molecule has 0 atom stereocenters. The first-order valence-electron chi connectivity index (χ1n) is 4.57. The van der Waals surface area contributed by atoms with Crippen LogP contribution in [0, 0.1) is 0 Å². The van der Waals surface area contributed by atoms with Gasteiger partial charge in [0.2, 0.25) is 11.8 Å². The first-order chi connectivity index (χ1) is 6.72. The van der Waals surface area contributed by atoms with Crippen molar-refractivity contribution in [3.63, 3.8) is 0 Å². The zero-order chi connectivity index (χ0) is 10.4. The summed E-state index contributed by atoms with van der Waals surface area (Å²) in [6, 6.07) is 1.70. The van der Waals surface area contributed by atoms with E-state index in [2.05, 4.69) is 15.3 Å². The number of nitrogens with zero attached hydrogens (tertiary/aromatic N) is 2. The van der Waals surface area contributed by atoms with Crippen LogP contribution in [-0.4, -0.2) is 34.3 Å². The van der Waals surface area contributed by atoms with Gasteiger partial charge in [0.15, 0.2) is 0 Å². The van der Waals surface area contributed by atoms with Crippen LogP contribution in [0.25, 0.3) is 0 Å². The minimum atomic E-state index is 0.0542. The summed E-state index contributed by atoms with van der Waals surface area (Å²) in [5.74, 6) is 1.01. The third kappa shape index (κ3) is 3.57. The van der Waals surface area contributed by atoms with Crippen molar-refractivity contribution in [3.05, 3.63) is 12.3 Å². The molecule has 0 radical (unpaired) electrons. The van der Waals surface area contributed by atoms with Crippen molar-refractivity contribution >= 4 is 5.95 Å². The second-order valence-corrected chi connectivity index (χ2v) is 3.04. The van der Waals surface area contributed by atoms with Crippen molar-refractivity contribution in [2.24, 2.45) is 0 Å². The van der Waals surface area contributed by atoms with Crippen molar-refractivity contribution in [2.75, 3.05) is 18.5 Å². The van der Waals surface area contributed by atoms with Crippen molar-refractivity contribution in [1.29, 1.82) is 0 Å². The second-order valence-electron chi connectivity index (χ2n) is 3.04. The molecule has 0 amide bonds. The topological polar surface area (TPSA) is 67.3 Å². The smallest absolute Gasteiger partial charge is 0.226 e. The molecule has 1 heterocycles. The fraction of sp³-hybridized carbons (Fsp3) is 0.556. The largest absolute Gasteiger partial charge is 0.475 e. The number of aromatic nitrogens is 2. The zero-order valence-corrected chi connectivity index (χ0v) is 8.40. The molecule has 0 aromatic carbocycles. The van der Waals surface area contributed by atoms with Crippen molar-refractivity contribution in [3.8, 4) is 5.88 Å². The lowest BCUT2D eigenvalue weighted by molar-refractivity contribution is 0.232. The Labute approximate surface area is 83.2 Å². The summed E-state index contributed by atoms with van der Waals surface area (Å²) in [6.07, 6.45) is 1.71. The maximum absolute atomic E-state index is 8.59. The number of nitrogens with one attached hydrogen (secondary N) is 1. The Morgan fingerprint density at radius 2 is 2.36 bits per heavy atom. The summed E-state index contributed by atoms with van der Waals surface area (Å²) in [7, 11) is 0. The van der Waals surface area contributed by atoms with Gasteiger partial charge in [-0.05, 0) is 13.8 Å². The van der Waals surface area contributed by atoms with Gasteiger partial charge < -0.3 is 15.2 Å². The zero-order valence-electron chi connectivity index (χ0n) is 8.40. The lowest BCUT2D eigenvalue weighted by Crippen LogP contribution is -2.11. The molecule has 14 heavy (non-hydrogen) atoms. The number of anilines is 1. The first kappa shape index (κ1) is 10.7. The molecule has 0 saturated carbocycles. The molecule has 5 nitrogen and oxygen atoms in total. The number of aliphatic hydroxyl groups excluding tert-OH is 1. The maximum Gasteiger partial charge on any atom is 0.226 e. The van der Waals surface area contributed by atoms with Crippen LogP contribution >= 0.6 is 0 Å². The first-order valence-corrected chi connectivity index (χ1v) is 4.57. The number of hydrogen-bond donors (Lipinski definition) is 2. The highest BCUT2D eigenvalue weighted by Gasteiger charge is 2.00. The van der Waals surface area contributed by atoms with Crippen LogP contribution in [0.15, 0.2) is 12.3 Å². The van der Waals surface area contributed by atoms with E-state index in [0.717, 1.165) is 0 Å². The van der Waals surface area contributed by atoms with Gasteiger partial charge in [-0.15, -0.1) is 0 Å². The van der Waals surface area contributed by atoms with Gasteiger partial charge in [0.1, 0.15) is 0 Å². The van der Waals surface area contributed by atoms with Gasteiger partial charge in [-0.2, -0.15) is 4.98 Å². The third-order valence-corrected chi connectivity index (χ3v) is 1.38. The maximum atomic E-state index is 8.59. The average molecular weight is 197 g/mol. The lowest BCUT2D eigenvalue weighted by Gasteiger charge is -2.09. The van der Waals surface area contributed by atoms with Crippen LogP contribution in [0.5, 0.6) is 5.88 Å². The molecule has 0 aliphatic rings. The van der Waals surface area contributed by atoms with Gasteiger partial charge in [-0.1, -0.05) is 0 Å². The van der Waals surface area contributed by atoms with Crippen molar-refractivity contribution in [2.45, 2.75) is 20.0 Å². The van der Waals surface area contributed by atoms with Crippen LogP contribution < -0.4 is 10.1 Å². The van der Waals surface area contributed by atoms with Crippen LogP contribution in [0.3, 0.4) is 0 Å². The summed E-state index contributed by atoms with van der Waals surface area (Å²) in [5, 5.41) is 11.4. The molecule has 0 aliphatic heterocycles. The minimum Gasteiger partial charge on any atom is -0.475 e. The molecule has 5 heteroatoms. The predicted molar refractivity (Wildman–Crippen MR) is 53.4 cm³/mol. The predicted octanol–water partition coefficient (Wildman–Crippen LogP) is 0.668. The van der Waals surface area contributed by atoms with E-state index in [4.69, 9.17) is 9.84 Å². The van der Waals surface area contributed by atoms with E-state index in [-0.39, 0.29) is 12.7 Å². The molecule has 1 aromatic rings. The average Bonchev–Trinajstić information content (AvgIpc) is 2.14. The van der Waals surface area contributed by atoms with E-state index < -0.39 is 0 Å². The highest BCUT2D eigenvalue weighted by atomic mass is 16.5. The van der Waals surface area contributed by atoms with Gasteiger partial charge in [0, 0.05) is 18.8 Å². The molecule has 0 fully saturated rings. The Bertz CT molecular complexity index is 279. The fourth-order valence-electron chi connectivity index (χ4n) is 0.902. The monoisotopic (exact) mass is 197 g/mol. The van der Waals surface area contributed by atoms with Crippen LogP contribution in [0.1, 0.15) is 13.8 Å². The van der Waals surface area contributed by atoms with E-state index >= 15 is 0 Å². The molecule has 0 saturated heterocycles. The van der Waals surface area contributed by atoms with Gasteiger partial charge in [-0.25, -0.2) is 4.98 Å². The van der Waals surface area contributed by atoms with Gasteiger partial charge >= 0.3 is 0 Å². The summed E-state index contributed by atoms with van der Waals surface area (Å²) < 4.78 is 5.38. The Hall–Kier alpha value is -1.36. The molecular weight excluding hydrogens is 182 g/mol. The number of hydrogen-bond acceptors (Lipinski definition) is 5. The third-order valence-electron chi connectivity index (χ3n) is 1.38. The molecule has 1 aromatic heterocycles. The molecular formula is C9H15N3O2. The molecule has 1 rings (SSSR count). The van der Waals surface area contributed by atoms with Crippen molar-refractivity contribution < 1.29 is 9.84 Å². The Balaban J connectivity index is 2.59. The number of rotatable bonds is 5. The van der Waals surface area contributed by atoms with Crippen LogP contribution in [0.4, 0.5) is 5.95 Å². The molecule has 0 unspecified atom stereocenters. The van der Waals surface area contributed by atoms with Gasteiger partial charge in [0.05, 0.1) is 12.7 Å². The highest BCUT2D eigenvalue weighted by Crippen LogP contribution is 2.09. The molecule has 0 aliphatic carbocycles. The minimum absolute atomic E-state index is 0.0542.